The highest BCUT2D eigenvalue weighted by Gasteiger charge is 2.36. The Bertz CT molecular complexity index is 586. The maximum Gasteiger partial charge on any atom is 0.419 e. The molecule has 1 atom stereocenters. The molecular formula is C12H10F4N4. The summed E-state index contributed by atoms with van der Waals surface area (Å²) in [5.41, 5.74) is 0.865. The minimum atomic E-state index is -4.78. The molecule has 0 saturated heterocycles. The van der Waals surface area contributed by atoms with Crippen LogP contribution in [0.15, 0.2) is 36.8 Å². The van der Waals surface area contributed by atoms with Crippen molar-refractivity contribution in [2.75, 3.05) is 0 Å². The number of benzene rings is 1. The molecule has 1 aromatic carbocycles. The van der Waals surface area contributed by atoms with E-state index >= 15 is 0 Å². The highest BCUT2D eigenvalue weighted by atomic mass is 19.4. The molecular weight excluding hydrogens is 276 g/mol. The summed E-state index contributed by atoms with van der Waals surface area (Å²) in [6.07, 6.45) is -0.753. The average molecular weight is 286 g/mol. The monoisotopic (exact) mass is 286 g/mol. The topological polar surface area (TPSA) is 63.8 Å². The zero-order chi connectivity index (χ0) is 14.8. The van der Waals surface area contributed by atoms with Crippen molar-refractivity contribution in [2.45, 2.75) is 12.2 Å². The van der Waals surface area contributed by atoms with Crippen molar-refractivity contribution in [1.82, 2.24) is 15.4 Å². The first-order valence-corrected chi connectivity index (χ1v) is 5.52. The van der Waals surface area contributed by atoms with E-state index in [1.807, 2.05) is 0 Å². The molecule has 1 aromatic heterocycles. The van der Waals surface area contributed by atoms with Crippen LogP contribution in [0.5, 0.6) is 0 Å². The van der Waals surface area contributed by atoms with Gasteiger partial charge in [-0.2, -0.15) is 13.2 Å². The van der Waals surface area contributed by atoms with Gasteiger partial charge in [-0.1, -0.05) is 12.1 Å². The summed E-state index contributed by atoms with van der Waals surface area (Å²) in [6, 6.07) is 1.97. The van der Waals surface area contributed by atoms with Crippen molar-refractivity contribution in [3.8, 4) is 0 Å². The third kappa shape index (κ3) is 2.75. The van der Waals surface area contributed by atoms with Crippen LogP contribution in [0.4, 0.5) is 17.6 Å². The van der Waals surface area contributed by atoms with E-state index in [4.69, 9.17) is 5.84 Å². The first kappa shape index (κ1) is 14.4. The smallest absolute Gasteiger partial charge is 0.271 e. The van der Waals surface area contributed by atoms with E-state index in [1.165, 1.54) is 24.7 Å². The van der Waals surface area contributed by atoms with Gasteiger partial charge in [0.05, 0.1) is 23.5 Å². The lowest BCUT2D eigenvalue weighted by Gasteiger charge is -2.18. The van der Waals surface area contributed by atoms with E-state index in [0.29, 0.717) is 6.07 Å². The third-order valence-corrected chi connectivity index (χ3v) is 2.69. The Morgan fingerprint density at radius 3 is 2.50 bits per heavy atom. The van der Waals surface area contributed by atoms with Crippen LogP contribution in [0, 0.1) is 5.82 Å². The predicted molar refractivity (Wildman–Crippen MR) is 62.6 cm³/mol. The van der Waals surface area contributed by atoms with E-state index in [-0.39, 0.29) is 11.3 Å². The Morgan fingerprint density at radius 2 is 1.95 bits per heavy atom. The molecule has 8 heteroatoms. The van der Waals surface area contributed by atoms with Crippen LogP contribution in [-0.2, 0) is 6.18 Å². The summed E-state index contributed by atoms with van der Waals surface area (Å²) in [5.74, 6) is 3.92. The molecule has 0 aliphatic rings. The van der Waals surface area contributed by atoms with Gasteiger partial charge in [-0.05, 0) is 6.07 Å². The second kappa shape index (κ2) is 5.51. The van der Waals surface area contributed by atoms with E-state index in [9.17, 15) is 17.6 Å². The standard InChI is InChI=1S/C12H10F4N4/c13-10-7(2-1-3-8(10)12(14,15)16)11(20-17)9-6-18-4-5-19-9/h1-6,11,20H,17H2. The van der Waals surface area contributed by atoms with Crippen molar-refractivity contribution in [3.05, 3.63) is 59.4 Å². The maximum atomic E-state index is 14.0. The van der Waals surface area contributed by atoms with Crippen molar-refractivity contribution >= 4 is 0 Å². The number of halogens is 4. The Kier molecular flexibility index (Phi) is 3.96. The van der Waals surface area contributed by atoms with Crippen LogP contribution in [0.25, 0.3) is 0 Å². The first-order valence-electron chi connectivity index (χ1n) is 5.52. The van der Waals surface area contributed by atoms with Crippen LogP contribution in [0.2, 0.25) is 0 Å². The minimum absolute atomic E-state index is 0.216. The molecule has 2 aromatic rings. The van der Waals surface area contributed by atoms with Crippen LogP contribution < -0.4 is 11.3 Å². The summed E-state index contributed by atoms with van der Waals surface area (Å²) >= 11 is 0. The van der Waals surface area contributed by atoms with E-state index in [0.717, 1.165) is 6.07 Å². The van der Waals surface area contributed by atoms with Gasteiger partial charge in [0.2, 0.25) is 0 Å². The SMILES string of the molecule is NNC(c1cnccn1)c1cccc(C(F)(F)F)c1F. The third-order valence-electron chi connectivity index (χ3n) is 2.69. The summed E-state index contributed by atoms with van der Waals surface area (Å²) in [7, 11) is 0. The summed E-state index contributed by atoms with van der Waals surface area (Å²) < 4.78 is 52.1. The average Bonchev–Trinajstić information content (AvgIpc) is 2.41. The van der Waals surface area contributed by atoms with Gasteiger partial charge in [-0.3, -0.25) is 15.8 Å². The van der Waals surface area contributed by atoms with Gasteiger partial charge in [-0.25, -0.2) is 9.82 Å². The number of aromatic nitrogens is 2. The molecule has 2 rings (SSSR count). The molecule has 20 heavy (non-hydrogen) atoms. The Morgan fingerprint density at radius 1 is 1.20 bits per heavy atom. The minimum Gasteiger partial charge on any atom is -0.271 e. The van der Waals surface area contributed by atoms with Crippen LogP contribution in [-0.4, -0.2) is 9.97 Å². The Hall–Kier alpha value is -2.06. The number of alkyl halides is 3. The van der Waals surface area contributed by atoms with Gasteiger partial charge >= 0.3 is 6.18 Å². The fourth-order valence-electron chi connectivity index (χ4n) is 1.79. The normalized spacial score (nSPS) is 13.2. The molecule has 3 N–H and O–H groups in total. The van der Waals surface area contributed by atoms with Crippen molar-refractivity contribution in [1.29, 1.82) is 0 Å². The van der Waals surface area contributed by atoms with Gasteiger partial charge in [-0.15, -0.1) is 0 Å². The summed E-state index contributed by atoms with van der Waals surface area (Å²) in [5, 5.41) is 0. The van der Waals surface area contributed by atoms with Gasteiger partial charge in [0.15, 0.2) is 0 Å². The van der Waals surface area contributed by atoms with Gasteiger partial charge in [0, 0.05) is 18.0 Å². The molecule has 4 nitrogen and oxygen atoms in total. The number of nitrogens with one attached hydrogen (secondary N) is 1. The number of hydrazine groups is 1. The van der Waals surface area contributed by atoms with Gasteiger partial charge < -0.3 is 0 Å². The van der Waals surface area contributed by atoms with Crippen LogP contribution in [0.1, 0.15) is 22.9 Å². The number of nitrogens with two attached hydrogens (primary N) is 1. The molecule has 0 saturated carbocycles. The highest BCUT2D eigenvalue weighted by molar-refractivity contribution is 5.34. The zero-order valence-electron chi connectivity index (χ0n) is 10.0. The fourth-order valence-corrected chi connectivity index (χ4v) is 1.79. The lowest BCUT2D eigenvalue weighted by Crippen LogP contribution is -2.30. The van der Waals surface area contributed by atoms with E-state index in [2.05, 4.69) is 15.4 Å². The molecule has 0 aliphatic heterocycles. The Balaban J connectivity index is 2.52. The molecule has 0 fully saturated rings. The summed E-state index contributed by atoms with van der Waals surface area (Å²) in [4.78, 5) is 7.68. The van der Waals surface area contributed by atoms with Gasteiger partial charge in [0.25, 0.3) is 0 Å². The Labute approximate surface area is 111 Å². The van der Waals surface area contributed by atoms with Crippen molar-refractivity contribution in [2.24, 2.45) is 5.84 Å². The van der Waals surface area contributed by atoms with Crippen LogP contribution >= 0.6 is 0 Å². The van der Waals surface area contributed by atoms with Gasteiger partial charge in [0.1, 0.15) is 5.82 Å². The molecule has 0 amide bonds. The molecule has 0 spiro atoms. The quantitative estimate of drug-likeness (QED) is 0.516. The maximum absolute atomic E-state index is 14.0. The number of hydrogen-bond donors (Lipinski definition) is 2. The van der Waals surface area contributed by atoms with E-state index < -0.39 is 23.6 Å². The van der Waals surface area contributed by atoms with Crippen molar-refractivity contribution < 1.29 is 17.6 Å². The number of rotatable bonds is 3. The molecule has 0 radical (unpaired) electrons. The predicted octanol–water partition coefficient (Wildman–Crippen LogP) is 2.19. The number of hydrogen-bond acceptors (Lipinski definition) is 4. The molecule has 0 aliphatic carbocycles. The zero-order valence-corrected chi connectivity index (χ0v) is 10.0. The van der Waals surface area contributed by atoms with Crippen molar-refractivity contribution in [3.63, 3.8) is 0 Å². The lowest BCUT2D eigenvalue weighted by molar-refractivity contribution is -0.140. The fraction of sp³-hybridized carbons (Fsp3) is 0.167. The van der Waals surface area contributed by atoms with Crippen LogP contribution in [0.3, 0.4) is 0 Å². The highest BCUT2D eigenvalue weighted by Crippen LogP contribution is 2.34. The second-order valence-electron chi connectivity index (χ2n) is 3.94. The number of nitrogens with zero attached hydrogens (tertiary/aromatic N) is 2. The molecule has 106 valence electrons. The lowest BCUT2D eigenvalue weighted by atomic mass is 10.0. The largest absolute Gasteiger partial charge is 0.419 e. The second-order valence-corrected chi connectivity index (χ2v) is 3.94. The summed E-state index contributed by atoms with van der Waals surface area (Å²) in [6.45, 7) is 0. The molecule has 0 bridgehead atoms. The first-order chi connectivity index (χ1) is 9.45. The molecule has 1 unspecified atom stereocenters. The van der Waals surface area contributed by atoms with E-state index in [1.54, 1.807) is 0 Å². The molecule has 1 heterocycles.